The molecular formula is C22H21N3O4S. The zero-order valence-corrected chi connectivity index (χ0v) is 17.6. The van der Waals surface area contributed by atoms with E-state index in [2.05, 4.69) is 5.32 Å². The molecule has 2 atom stereocenters. The summed E-state index contributed by atoms with van der Waals surface area (Å²) in [7, 11) is 3.38. The van der Waals surface area contributed by atoms with Crippen molar-refractivity contribution >= 4 is 41.4 Å². The summed E-state index contributed by atoms with van der Waals surface area (Å²) in [5.74, 6) is -0.351. The normalized spacial score (nSPS) is 22.2. The monoisotopic (exact) mass is 423 g/mol. The fraction of sp³-hybridized carbons (Fsp3) is 0.227. The molecule has 2 unspecified atom stereocenters. The summed E-state index contributed by atoms with van der Waals surface area (Å²) >= 11 is 1.39. The third-order valence-electron chi connectivity index (χ3n) is 5.08. The molecule has 1 saturated heterocycles. The lowest BCUT2D eigenvalue weighted by Crippen LogP contribution is -2.38. The highest BCUT2D eigenvalue weighted by molar-refractivity contribution is 8.04. The van der Waals surface area contributed by atoms with E-state index < -0.39 is 18.4 Å². The van der Waals surface area contributed by atoms with E-state index in [1.165, 1.54) is 23.6 Å². The summed E-state index contributed by atoms with van der Waals surface area (Å²) < 4.78 is 5.31. The van der Waals surface area contributed by atoms with E-state index in [1.807, 2.05) is 54.6 Å². The number of carbonyl (C=O) groups is 3. The van der Waals surface area contributed by atoms with Gasteiger partial charge in [-0.2, -0.15) is 0 Å². The average molecular weight is 423 g/mol. The summed E-state index contributed by atoms with van der Waals surface area (Å²) in [5, 5.41) is 2.68. The molecule has 0 bridgehead atoms. The smallest absolute Gasteiger partial charge is 0.412 e. The Morgan fingerprint density at radius 3 is 2.57 bits per heavy atom. The first-order valence-electron chi connectivity index (χ1n) is 9.42. The third kappa shape index (κ3) is 3.66. The molecule has 2 aliphatic heterocycles. The van der Waals surface area contributed by atoms with E-state index in [-0.39, 0.29) is 11.8 Å². The minimum absolute atomic E-state index is 0.0725. The van der Waals surface area contributed by atoms with Crippen LogP contribution in [0, 0.1) is 0 Å². The van der Waals surface area contributed by atoms with Crippen molar-refractivity contribution in [2.45, 2.75) is 24.1 Å². The summed E-state index contributed by atoms with van der Waals surface area (Å²) in [4.78, 5) is 41.0. The van der Waals surface area contributed by atoms with Crippen LogP contribution in [0.25, 0.3) is 6.08 Å². The zero-order valence-electron chi connectivity index (χ0n) is 16.8. The number of benzene rings is 2. The minimum atomic E-state index is -0.773. The molecule has 2 heterocycles. The number of thioether (sulfide) groups is 1. The summed E-state index contributed by atoms with van der Waals surface area (Å²) in [6, 6.07) is 14.9. The van der Waals surface area contributed by atoms with Gasteiger partial charge in [-0.25, -0.2) is 4.79 Å². The molecule has 8 heteroatoms. The molecule has 0 spiro atoms. The van der Waals surface area contributed by atoms with Crippen molar-refractivity contribution in [2.75, 3.05) is 19.0 Å². The molecule has 7 nitrogen and oxygen atoms in total. The van der Waals surface area contributed by atoms with Gasteiger partial charge in [-0.05, 0) is 29.3 Å². The lowest BCUT2D eigenvalue weighted by atomic mass is 10.0. The topological polar surface area (TPSA) is 79.0 Å². The van der Waals surface area contributed by atoms with Gasteiger partial charge in [0.2, 0.25) is 12.1 Å². The van der Waals surface area contributed by atoms with Crippen LogP contribution in [0.4, 0.5) is 10.5 Å². The number of fused-ring (bicyclic) bond motifs is 1. The van der Waals surface area contributed by atoms with E-state index in [9.17, 15) is 14.4 Å². The van der Waals surface area contributed by atoms with Crippen LogP contribution in [0.2, 0.25) is 0 Å². The number of ether oxygens (including phenoxy) is 1. The van der Waals surface area contributed by atoms with Gasteiger partial charge in [-0.15, -0.1) is 0 Å². The maximum Gasteiger partial charge on any atom is 0.412 e. The second-order valence-electron chi connectivity index (χ2n) is 7.17. The molecule has 154 valence electrons. The van der Waals surface area contributed by atoms with Crippen molar-refractivity contribution in [2.24, 2.45) is 0 Å². The molecular weight excluding hydrogens is 402 g/mol. The molecule has 1 N–H and O–H groups in total. The Bertz CT molecular complexity index is 1050. The van der Waals surface area contributed by atoms with Gasteiger partial charge in [0.15, 0.2) is 0 Å². The first kappa shape index (κ1) is 20.0. The number of likely N-dealkylation sites (N-methyl/N-ethyl adjacent to an activating group) is 2. The highest BCUT2D eigenvalue weighted by Crippen LogP contribution is 2.44. The summed E-state index contributed by atoms with van der Waals surface area (Å²) in [5.41, 5.74) is 2.56. The quantitative estimate of drug-likeness (QED) is 0.766. The van der Waals surface area contributed by atoms with E-state index in [0.717, 1.165) is 21.7 Å². The predicted octanol–water partition coefficient (Wildman–Crippen LogP) is 3.38. The van der Waals surface area contributed by atoms with Gasteiger partial charge in [-0.3, -0.25) is 14.5 Å². The SMILES string of the molecule is CC(=O)NC1OC(=O)N(C)C1c1ccc2c(c1)SC(=Cc1ccccc1)C(=O)N2C. The van der Waals surface area contributed by atoms with E-state index in [0.29, 0.717) is 4.91 Å². The molecule has 30 heavy (non-hydrogen) atoms. The third-order valence-corrected chi connectivity index (χ3v) is 6.14. The Balaban J connectivity index is 1.70. The van der Waals surface area contributed by atoms with Gasteiger partial charge < -0.3 is 15.0 Å². The predicted molar refractivity (Wildman–Crippen MR) is 115 cm³/mol. The number of amides is 3. The second-order valence-corrected chi connectivity index (χ2v) is 8.26. The van der Waals surface area contributed by atoms with Crippen LogP contribution in [0.15, 0.2) is 58.3 Å². The first-order valence-corrected chi connectivity index (χ1v) is 10.2. The Kier molecular flexibility index (Phi) is 5.26. The molecule has 3 amide bonds. The van der Waals surface area contributed by atoms with Crippen molar-refractivity contribution < 1.29 is 19.1 Å². The van der Waals surface area contributed by atoms with Crippen LogP contribution in [0.3, 0.4) is 0 Å². The van der Waals surface area contributed by atoms with Gasteiger partial charge in [0, 0.05) is 25.9 Å². The van der Waals surface area contributed by atoms with Crippen LogP contribution in [0.1, 0.15) is 24.1 Å². The van der Waals surface area contributed by atoms with Gasteiger partial charge in [0.05, 0.1) is 10.6 Å². The Labute approximate surface area is 178 Å². The highest BCUT2D eigenvalue weighted by atomic mass is 32.2. The van der Waals surface area contributed by atoms with Crippen molar-refractivity contribution in [3.63, 3.8) is 0 Å². The number of nitrogens with zero attached hydrogens (tertiary/aromatic N) is 2. The van der Waals surface area contributed by atoms with E-state index in [1.54, 1.807) is 19.0 Å². The van der Waals surface area contributed by atoms with Gasteiger partial charge in [0.1, 0.15) is 6.04 Å². The lowest BCUT2D eigenvalue weighted by molar-refractivity contribution is -0.121. The number of nitrogens with one attached hydrogen (secondary N) is 1. The van der Waals surface area contributed by atoms with Crippen LogP contribution in [-0.4, -0.2) is 43.1 Å². The molecule has 2 aromatic carbocycles. The van der Waals surface area contributed by atoms with Crippen LogP contribution in [-0.2, 0) is 14.3 Å². The molecule has 2 aliphatic rings. The van der Waals surface area contributed by atoms with Crippen LogP contribution >= 0.6 is 11.8 Å². The standard InChI is InChI=1S/C22H21N3O4S/c1-13(26)23-20-19(25(3)22(28)29-20)15-9-10-16-17(12-15)30-18(21(27)24(16)2)11-14-7-5-4-6-8-14/h4-12,19-20H,1-3H3,(H,23,26). The van der Waals surface area contributed by atoms with Gasteiger partial charge in [0.25, 0.3) is 5.91 Å². The van der Waals surface area contributed by atoms with E-state index >= 15 is 0 Å². The number of hydrogen-bond donors (Lipinski definition) is 1. The number of rotatable bonds is 3. The van der Waals surface area contributed by atoms with Crippen molar-refractivity contribution in [1.82, 2.24) is 10.2 Å². The number of carbonyl (C=O) groups excluding carboxylic acids is 3. The minimum Gasteiger partial charge on any atom is -0.423 e. The number of cyclic esters (lactones) is 1. The maximum atomic E-state index is 12.8. The second kappa shape index (κ2) is 7.87. The van der Waals surface area contributed by atoms with Gasteiger partial charge in [-0.1, -0.05) is 48.2 Å². The largest absolute Gasteiger partial charge is 0.423 e. The molecule has 2 aromatic rings. The Hall–Kier alpha value is -3.26. The first-order chi connectivity index (χ1) is 14.3. The van der Waals surface area contributed by atoms with Crippen molar-refractivity contribution in [3.8, 4) is 0 Å². The van der Waals surface area contributed by atoms with Crippen molar-refractivity contribution in [1.29, 1.82) is 0 Å². The molecule has 1 fully saturated rings. The number of hydrogen-bond acceptors (Lipinski definition) is 5. The lowest BCUT2D eigenvalue weighted by Gasteiger charge is -2.29. The van der Waals surface area contributed by atoms with Crippen LogP contribution in [0.5, 0.6) is 0 Å². The number of anilines is 1. The highest BCUT2D eigenvalue weighted by Gasteiger charge is 2.41. The fourth-order valence-electron chi connectivity index (χ4n) is 3.58. The van der Waals surface area contributed by atoms with Gasteiger partial charge >= 0.3 is 6.09 Å². The Morgan fingerprint density at radius 2 is 1.87 bits per heavy atom. The Morgan fingerprint density at radius 1 is 1.13 bits per heavy atom. The molecule has 4 rings (SSSR count). The summed E-state index contributed by atoms with van der Waals surface area (Å²) in [6.45, 7) is 1.38. The molecule has 0 aliphatic carbocycles. The fourth-order valence-corrected chi connectivity index (χ4v) is 4.74. The van der Waals surface area contributed by atoms with Crippen molar-refractivity contribution in [3.05, 3.63) is 64.6 Å². The average Bonchev–Trinajstić information content (AvgIpc) is 2.99. The summed E-state index contributed by atoms with van der Waals surface area (Å²) in [6.07, 6.45) is 0.597. The van der Waals surface area contributed by atoms with Crippen LogP contribution < -0.4 is 10.2 Å². The molecule has 0 saturated carbocycles. The molecule has 0 radical (unpaired) electrons. The maximum absolute atomic E-state index is 12.8. The zero-order chi connectivity index (χ0) is 21.4. The van der Waals surface area contributed by atoms with E-state index in [4.69, 9.17) is 4.74 Å². The molecule has 0 aromatic heterocycles.